The van der Waals surface area contributed by atoms with Crippen molar-refractivity contribution in [3.05, 3.63) is 24.0 Å². The largest absolute Gasteiger partial charge is 0.491 e. The van der Waals surface area contributed by atoms with E-state index in [0.29, 0.717) is 23.4 Å². The van der Waals surface area contributed by atoms with Gasteiger partial charge in [0.2, 0.25) is 0 Å². The van der Waals surface area contributed by atoms with Crippen LogP contribution in [-0.2, 0) is 0 Å². The zero-order valence-corrected chi connectivity index (χ0v) is 11.9. The lowest BCUT2D eigenvalue weighted by Crippen LogP contribution is -2.13. The van der Waals surface area contributed by atoms with Crippen LogP contribution >= 0.6 is 11.8 Å². The molecule has 0 saturated heterocycles. The summed E-state index contributed by atoms with van der Waals surface area (Å²) in [6, 6.07) is 4.54. The standard InChI is InChI=1S/C13H16FN3OS/c1-9(2)7-18-11-6-4-5-10(14)12(11)17-13(19-3)16-8-15/h4-6,9H,7H2,1-3H3,(H,16,17). The highest BCUT2D eigenvalue weighted by Gasteiger charge is 2.11. The highest BCUT2D eigenvalue weighted by atomic mass is 32.2. The zero-order chi connectivity index (χ0) is 14.3. The number of hydrogen-bond donors (Lipinski definition) is 1. The average molecular weight is 281 g/mol. The third-order valence-electron chi connectivity index (χ3n) is 2.09. The van der Waals surface area contributed by atoms with E-state index in [4.69, 9.17) is 10.00 Å². The molecule has 0 atom stereocenters. The number of rotatable bonds is 4. The number of hydrogen-bond acceptors (Lipinski definition) is 4. The maximum atomic E-state index is 13.8. The van der Waals surface area contributed by atoms with Crippen molar-refractivity contribution in [1.82, 2.24) is 5.32 Å². The van der Waals surface area contributed by atoms with Gasteiger partial charge in [-0.05, 0) is 24.3 Å². The number of amidine groups is 1. The monoisotopic (exact) mass is 281 g/mol. The molecule has 0 amide bonds. The number of ether oxygens (including phenoxy) is 1. The van der Waals surface area contributed by atoms with E-state index in [1.165, 1.54) is 17.8 Å². The van der Waals surface area contributed by atoms with Gasteiger partial charge in [0.15, 0.2) is 17.2 Å². The second-order valence-corrected chi connectivity index (χ2v) is 4.94. The Hall–Kier alpha value is -1.74. The Labute approximate surface area is 116 Å². The fourth-order valence-electron chi connectivity index (χ4n) is 1.25. The van der Waals surface area contributed by atoms with E-state index in [-0.39, 0.29) is 5.69 Å². The van der Waals surface area contributed by atoms with Crippen LogP contribution in [0.1, 0.15) is 13.8 Å². The molecule has 0 fully saturated rings. The van der Waals surface area contributed by atoms with Crippen LogP contribution in [0.25, 0.3) is 0 Å². The van der Waals surface area contributed by atoms with Gasteiger partial charge in [0, 0.05) is 0 Å². The van der Waals surface area contributed by atoms with E-state index in [1.54, 1.807) is 24.6 Å². The van der Waals surface area contributed by atoms with Gasteiger partial charge in [0.25, 0.3) is 0 Å². The van der Waals surface area contributed by atoms with Crippen molar-refractivity contribution in [2.75, 3.05) is 12.9 Å². The van der Waals surface area contributed by atoms with E-state index in [1.807, 2.05) is 13.8 Å². The lowest BCUT2D eigenvalue weighted by Gasteiger charge is -2.11. The normalized spacial score (nSPS) is 11.3. The molecule has 0 aliphatic rings. The van der Waals surface area contributed by atoms with Gasteiger partial charge in [-0.2, -0.15) is 5.26 Å². The summed E-state index contributed by atoms with van der Waals surface area (Å²) in [5, 5.41) is 11.3. The summed E-state index contributed by atoms with van der Waals surface area (Å²) in [5.74, 6) is 0.227. The maximum Gasteiger partial charge on any atom is 0.183 e. The summed E-state index contributed by atoms with van der Waals surface area (Å²) in [6.45, 7) is 4.49. The molecule has 0 saturated carbocycles. The summed E-state index contributed by atoms with van der Waals surface area (Å²) < 4.78 is 19.3. The van der Waals surface area contributed by atoms with Crippen LogP contribution in [-0.4, -0.2) is 18.0 Å². The minimum absolute atomic E-state index is 0.107. The minimum Gasteiger partial charge on any atom is -0.491 e. The lowest BCUT2D eigenvalue weighted by molar-refractivity contribution is 0.271. The van der Waals surface area contributed by atoms with Crippen molar-refractivity contribution in [2.45, 2.75) is 13.8 Å². The van der Waals surface area contributed by atoms with Gasteiger partial charge in [0.05, 0.1) is 6.61 Å². The van der Waals surface area contributed by atoms with E-state index in [2.05, 4.69) is 10.3 Å². The summed E-state index contributed by atoms with van der Waals surface area (Å²) >= 11 is 1.23. The predicted octanol–water partition coefficient (Wildman–Crippen LogP) is 3.28. The molecule has 0 unspecified atom stereocenters. The molecular weight excluding hydrogens is 265 g/mol. The maximum absolute atomic E-state index is 13.8. The van der Waals surface area contributed by atoms with Crippen molar-refractivity contribution >= 4 is 22.6 Å². The van der Waals surface area contributed by atoms with Gasteiger partial charge < -0.3 is 4.74 Å². The molecule has 19 heavy (non-hydrogen) atoms. The SMILES string of the molecule is CSC(=Nc1c(F)cccc1OCC(C)C)NC#N. The number of thioether (sulfide) groups is 1. The molecule has 1 aromatic carbocycles. The van der Waals surface area contributed by atoms with Crippen LogP contribution in [0, 0.1) is 23.2 Å². The molecule has 0 bridgehead atoms. The van der Waals surface area contributed by atoms with Gasteiger partial charge in [-0.3, -0.25) is 5.32 Å². The van der Waals surface area contributed by atoms with E-state index in [0.717, 1.165) is 0 Å². The first-order valence-corrected chi connectivity index (χ1v) is 7.00. The van der Waals surface area contributed by atoms with Crippen LogP contribution in [0.2, 0.25) is 0 Å². The Kier molecular flexibility index (Phi) is 6.16. The van der Waals surface area contributed by atoms with Crippen molar-refractivity contribution in [3.63, 3.8) is 0 Å². The quantitative estimate of drug-likeness (QED) is 0.398. The lowest BCUT2D eigenvalue weighted by atomic mass is 10.2. The van der Waals surface area contributed by atoms with Crippen molar-refractivity contribution in [3.8, 4) is 11.9 Å². The molecule has 1 aromatic rings. The van der Waals surface area contributed by atoms with Crippen molar-refractivity contribution in [1.29, 1.82) is 5.26 Å². The van der Waals surface area contributed by atoms with Crippen LogP contribution in [0.4, 0.5) is 10.1 Å². The van der Waals surface area contributed by atoms with Crippen LogP contribution < -0.4 is 10.1 Å². The van der Waals surface area contributed by atoms with Gasteiger partial charge >= 0.3 is 0 Å². The van der Waals surface area contributed by atoms with Gasteiger partial charge in [-0.25, -0.2) is 9.38 Å². The molecule has 6 heteroatoms. The fourth-order valence-corrected chi connectivity index (χ4v) is 1.58. The molecule has 0 aromatic heterocycles. The van der Waals surface area contributed by atoms with Gasteiger partial charge in [0.1, 0.15) is 11.4 Å². The van der Waals surface area contributed by atoms with E-state index in [9.17, 15) is 4.39 Å². The summed E-state index contributed by atoms with van der Waals surface area (Å²) in [6.07, 6.45) is 3.51. The third kappa shape index (κ3) is 4.79. The topological polar surface area (TPSA) is 57.4 Å². The molecule has 0 aliphatic carbocycles. The highest BCUT2D eigenvalue weighted by Crippen LogP contribution is 2.31. The number of aliphatic imine (C=N–C) groups is 1. The number of nitriles is 1. The second-order valence-electron chi connectivity index (χ2n) is 4.15. The Morgan fingerprint density at radius 3 is 2.89 bits per heavy atom. The number of para-hydroxylation sites is 1. The molecule has 4 nitrogen and oxygen atoms in total. The number of halogens is 1. The zero-order valence-electron chi connectivity index (χ0n) is 11.1. The Bertz CT molecular complexity index is 497. The molecule has 0 heterocycles. The first-order chi connectivity index (χ1) is 9.08. The molecule has 0 radical (unpaired) electrons. The number of nitrogens with one attached hydrogen (secondary N) is 1. The molecule has 1 rings (SSSR count). The molecule has 0 aliphatic heterocycles. The molecule has 102 valence electrons. The summed E-state index contributed by atoms with van der Waals surface area (Å²) in [4.78, 5) is 4.09. The fraction of sp³-hybridized carbons (Fsp3) is 0.385. The van der Waals surface area contributed by atoms with Gasteiger partial charge in [-0.1, -0.05) is 31.7 Å². The van der Waals surface area contributed by atoms with Crippen molar-refractivity contribution in [2.24, 2.45) is 10.9 Å². The number of nitrogens with zero attached hydrogens (tertiary/aromatic N) is 2. The minimum atomic E-state index is -0.479. The molecular formula is C13H16FN3OS. The van der Waals surface area contributed by atoms with Crippen LogP contribution in [0.3, 0.4) is 0 Å². The average Bonchev–Trinajstić information content (AvgIpc) is 2.38. The van der Waals surface area contributed by atoms with E-state index < -0.39 is 5.82 Å². The predicted molar refractivity (Wildman–Crippen MR) is 76.1 cm³/mol. The van der Waals surface area contributed by atoms with Crippen LogP contribution in [0.15, 0.2) is 23.2 Å². The highest BCUT2D eigenvalue weighted by molar-refractivity contribution is 8.13. The smallest absolute Gasteiger partial charge is 0.183 e. The second kappa shape index (κ2) is 7.64. The Balaban J connectivity index is 3.07. The van der Waals surface area contributed by atoms with Gasteiger partial charge in [-0.15, -0.1) is 0 Å². The summed E-state index contributed by atoms with van der Waals surface area (Å²) in [5.41, 5.74) is 0.107. The third-order valence-corrected chi connectivity index (χ3v) is 2.67. The van der Waals surface area contributed by atoms with Crippen molar-refractivity contribution < 1.29 is 9.13 Å². The molecule has 1 N–H and O–H groups in total. The Morgan fingerprint density at radius 2 is 2.32 bits per heavy atom. The summed E-state index contributed by atoms with van der Waals surface area (Å²) in [7, 11) is 0. The number of benzene rings is 1. The van der Waals surface area contributed by atoms with E-state index >= 15 is 0 Å². The van der Waals surface area contributed by atoms with Crippen LogP contribution in [0.5, 0.6) is 5.75 Å². The Morgan fingerprint density at radius 1 is 1.58 bits per heavy atom. The first-order valence-electron chi connectivity index (χ1n) is 5.77. The molecule has 0 spiro atoms. The first kappa shape index (κ1) is 15.3.